The van der Waals surface area contributed by atoms with Gasteiger partial charge in [-0.2, -0.15) is 0 Å². The molecule has 0 aromatic carbocycles. The van der Waals surface area contributed by atoms with Crippen LogP contribution in [0.3, 0.4) is 0 Å². The van der Waals surface area contributed by atoms with Gasteiger partial charge in [0.05, 0.1) is 0 Å². The Labute approximate surface area is 142 Å². The Kier molecular flexibility index (Phi) is 10.9. The van der Waals surface area contributed by atoms with Crippen molar-refractivity contribution in [2.24, 2.45) is 0 Å². The van der Waals surface area contributed by atoms with Crippen molar-refractivity contribution in [3.8, 4) is 0 Å². The monoisotopic (exact) mass is 324 g/mol. The van der Waals surface area contributed by atoms with Gasteiger partial charge in [-0.1, -0.05) is 96.3 Å². The first kappa shape index (κ1) is 18.8. The summed E-state index contributed by atoms with van der Waals surface area (Å²) in [5.41, 5.74) is 2.21. The zero-order valence-electron chi connectivity index (χ0n) is 15.1. The highest BCUT2D eigenvalue weighted by atomic mass is 31.1. The van der Waals surface area contributed by atoms with Crippen LogP contribution >= 0.6 is 8.58 Å². The van der Waals surface area contributed by atoms with Crippen LogP contribution in [0, 0.1) is 0 Å². The maximum atomic E-state index is 1.56. The highest BCUT2D eigenvalue weighted by Gasteiger charge is 2.17. The van der Waals surface area contributed by atoms with Crippen LogP contribution in [0.25, 0.3) is 0 Å². The summed E-state index contributed by atoms with van der Waals surface area (Å²) in [5.74, 6) is 0. The molecule has 0 spiro atoms. The first-order chi connectivity index (χ1) is 10.9. The molecule has 0 heterocycles. The van der Waals surface area contributed by atoms with Crippen molar-refractivity contribution in [3.05, 3.63) is 0 Å². The molecule has 0 bridgehead atoms. The molecule has 2 saturated carbocycles. The van der Waals surface area contributed by atoms with Crippen molar-refractivity contribution < 1.29 is 0 Å². The maximum absolute atomic E-state index is 1.56. The predicted octanol–water partition coefficient (Wildman–Crippen LogP) is 7.84. The van der Waals surface area contributed by atoms with Gasteiger partial charge < -0.3 is 0 Å². The Bertz CT molecular complexity index is 228. The lowest BCUT2D eigenvalue weighted by Gasteiger charge is -2.24. The van der Waals surface area contributed by atoms with Crippen LogP contribution < -0.4 is 0 Å². The van der Waals surface area contributed by atoms with E-state index in [1.807, 2.05) is 0 Å². The minimum absolute atomic E-state index is 1.10. The lowest BCUT2D eigenvalue weighted by molar-refractivity contribution is 0.506. The molecule has 0 aliphatic heterocycles. The third kappa shape index (κ3) is 8.90. The topological polar surface area (TPSA) is 0 Å². The number of hydrogen-bond acceptors (Lipinski definition) is 0. The van der Waals surface area contributed by atoms with E-state index in [2.05, 4.69) is 0 Å². The zero-order chi connectivity index (χ0) is 15.3. The van der Waals surface area contributed by atoms with Gasteiger partial charge >= 0.3 is 0 Å². The second-order valence-corrected chi connectivity index (χ2v) is 9.98. The van der Waals surface area contributed by atoms with E-state index in [4.69, 9.17) is 0 Å². The molecular weight excluding hydrogens is 283 g/mol. The van der Waals surface area contributed by atoms with Crippen LogP contribution in [0.2, 0.25) is 0 Å². The zero-order valence-corrected chi connectivity index (χ0v) is 16.1. The maximum Gasteiger partial charge on any atom is -0.0234 e. The second-order valence-electron chi connectivity index (χ2n) is 8.02. The van der Waals surface area contributed by atoms with Crippen molar-refractivity contribution in [2.75, 3.05) is 0 Å². The number of hydrogen-bond donors (Lipinski definition) is 0. The Morgan fingerprint density at radius 2 is 0.545 bits per heavy atom. The van der Waals surface area contributed by atoms with Crippen LogP contribution in [0.4, 0.5) is 0 Å². The van der Waals surface area contributed by atoms with Crippen LogP contribution in [0.1, 0.15) is 122 Å². The summed E-state index contributed by atoms with van der Waals surface area (Å²) in [5, 5.41) is 0. The van der Waals surface area contributed by atoms with Gasteiger partial charge in [0, 0.05) is 0 Å². The number of rotatable bonds is 2. The minimum Gasteiger partial charge on any atom is -0.116 e. The molecule has 2 rings (SSSR count). The Morgan fingerprint density at radius 1 is 0.318 bits per heavy atom. The van der Waals surface area contributed by atoms with Crippen molar-refractivity contribution >= 4 is 8.58 Å². The van der Waals surface area contributed by atoms with E-state index >= 15 is 0 Å². The summed E-state index contributed by atoms with van der Waals surface area (Å²) < 4.78 is 0. The molecule has 1 atom stereocenters. The fourth-order valence-corrected chi connectivity index (χ4v) is 6.61. The highest BCUT2D eigenvalue weighted by Crippen LogP contribution is 2.39. The van der Waals surface area contributed by atoms with Crippen LogP contribution in [-0.4, -0.2) is 11.3 Å². The van der Waals surface area contributed by atoms with E-state index in [0.29, 0.717) is 0 Å². The summed E-state index contributed by atoms with van der Waals surface area (Å²) in [4.78, 5) is 0. The van der Waals surface area contributed by atoms with E-state index in [1.165, 1.54) is 105 Å². The highest BCUT2D eigenvalue weighted by molar-refractivity contribution is 7.39. The molecule has 0 aromatic heterocycles. The van der Waals surface area contributed by atoms with Gasteiger partial charge in [0.1, 0.15) is 0 Å². The molecule has 0 N–H and O–H groups in total. The summed E-state index contributed by atoms with van der Waals surface area (Å²) >= 11 is 0. The Hall–Kier alpha value is 0.430. The molecule has 2 aliphatic rings. The average Bonchev–Trinajstić information content (AvgIpc) is 2.64. The van der Waals surface area contributed by atoms with Gasteiger partial charge in [-0.15, -0.1) is 8.58 Å². The minimum atomic E-state index is 1.10. The van der Waals surface area contributed by atoms with Gasteiger partial charge in [-0.25, -0.2) is 0 Å². The van der Waals surface area contributed by atoms with E-state index in [9.17, 15) is 0 Å². The molecule has 1 unspecified atom stereocenters. The van der Waals surface area contributed by atoms with Crippen LogP contribution in [-0.2, 0) is 0 Å². The van der Waals surface area contributed by atoms with Crippen LogP contribution in [0.15, 0.2) is 0 Å². The molecule has 0 radical (unpaired) electrons. The van der Waals surface area contributed by atoms with E-state index in [1.54, 1.807) is 25.7 Å². The molecule has 2 aliphatic carbocycles. The Balaban J connectivity index is 1.74. The Morgan fingerprint density at radius 3 is 0.818 bits per heavy atom. The van der Waals surface area contributed by atoms with E-state index in [0.717, 1.165) is 11.3 Å². The summed E-state index contributed by atoms with van der Waals surface area (Å²) in [6.45, 7) is 0. The van der Waals surface area contributed by atoms with Gasteiger partial charge in [-0.3, -0.25) is 0 Å². The van der Waals surface area contributed by atoms with Gasteiger partial charge in [0.25, 0.3) is 0 Å². The second kappa shape index (κ2) is 12.8. The fraction of sp³-hybridized carbons (Fsp3) is 1.00. The lowest BCUT2D eigenvalue weighted by atomic mass is 10.0. The third-order valence-electron chi connectivity index (χ3n) is 5.93. The quantitative estimate of drug-likeness (QED) is 0.454. The van der Waals surface area contributed by atoms with Crippen molar-refractivity contribution in [1.29, 1.82) is 0 Å². The fourth-order valence-electron chi connectivity index (χ4n) is 4.46. The molecule has 0 aromatic rings. The molecular formula is C21H41P. The van der Waals surface area contributed by atoms with Crippen molar-refractivity contribution in [2.45, 2.75) is 133 Å². The largest absolute Gasteiger partial charge is 0.116 e. The van der Waals surface area contributed by atoms with E-state index in [-0.39, 0.29) is 0 Å². The third-order valence-corrected chi connectivity index (χ3v) is 8.03. The summed E-state index contributed by atoms with van der Waals surface area (Å²) in [6.07, 6.45) is 29.0. The first-order valence-electron chi connectivity index (χ1n) is 10.7. The van der Waals surface area contributed by atoms with Gasteiger partial charge in [-0.05, 0) is 37.0 Å². The molecule has 0 nitrogen and oxygen atoms in total. The lowest BCUT2D eigenvalue weighted by Crippen LogP contribution is -2.10. The molecule has 130 valence electrons. The van der Waals surface area contributed by atoms with Gasteiger partial charge in [0.2, 0.25) is 0 Å². The molecule has 0 amide bonds. The molecule has 2 fully saturated rings. The normalized spacial score (nSPS) is 26.7. The standard InChI is InChI=1S/C21H41P/c1-2-4-8-12-16-20(17-13-9-5-3-1)22-21-18-14-10-6-7-11-15-19-21/h20-22H,1-19H2. The molecule has 0 saturated heterocycles. The molecule has 1 heteroatoms. The summed E-state index contributed by atoms with van der Waals surface area (Å²) in [7, 11) is 1.30. The molecule has 22 heavy (non-hydrogen) atoms. The van der Waals surface area contributed by atoms with Gasteiger partial charge in [0.15, 0.2) is 0 Å². The SMILES string of the molecule is C1CCCCCC(PC2CCCCCCCC2)CCCCC1. The summed E-state index contributed by atoms with van der Waals surface area (Å²) in [6, 6.07) is 0. The van der Waals surface area contributed by atoms with E-state index < -0.39 is 0 Å². The van der Waals surface area contributed by atoms with Crippen molar-refractivity contribution in [1.82, 2.24) is 0 Å². The van der Waals surface area contributed by atoms with Crippen LogP contribution in [0.5, 0.6) is 0 Å². The van der Waals surface area contributed by atoms with Crippen molar-refractivity contribution in [3.63, 3.8) is 0 Å². The first-order valence-corrected chi connectivity index (χ1v) is 11.9. The average molecular weight is 325 g/mol. The smallest absolute Gasteiger partial charge is 0.0234 e. The predicted molar refractivity (Wildman–Crippen MR) is 104 cm³/mol.